The third-order valence-electron chi connectivity index (χ3n) is 4.55. The standard InChI is InChI=1S/C20H22ClN3O3/c1-27-18-10-17(22)16(21)9-15(18)20(26)23-11-13-4-2-5-14(8-13)12-24-7-3-6-19(24)25/h2,4-5,8-10H,3,6-7,11-12,22H2,1H3,(H,23,26). The van der Waals surface area contributed by atoms with Crippen molar-refractivity contribution in [3.05, 3.63) is 58.1 Å². The van der Waals surface area contributed by atoms with E-state index in [1.807, 2.05) is 29.2 Å². The molecule has 1 saturated heterocycles. The summed E-state index contributed by atoms with van der Waals surface area (Å²) in [7, 11) is 1.47. The van der Waals surface area contributed by atoms with E-state index in [9.17, 15) is 9.59 Å². The van der Waals surface area contributed by atoms with Crippen molar-refractivity contribution < 1.29 is 14.3 Å². The molecule has 1 heterocycles. The molecule has 7 heteroatoms. The summed E-state index contributed by atoms with van der Waals surface area (Å²) in [6, 6.07) is 10.9. The van der Waals surface area contributed by atoms with Crippen molar-refractivity contribution in [1.29, 1.82) is 0 Å². The summed E-state index contributed by atoms with van der Waals surface area (Å²) in [6.45, 7) is 1.76. The molecule has 2 aromatic carbocycles. The number of carbonyl (C=O) groups is 2. The van der Waals surface area contributed by atoms with Crippen molar-refractivity contribution in [2.45, 2.75) is 25.9 Å². The van der Waals surface area contributed by atoms with Crippen LogP contribution in [0.1, 0.15) is 34.3 Å². The highest BCUT2D eigenvalue weighted by Crippen LogP contribution is 2.28. The summed E-state index contributed by atoms with van der Waals surface area (Å²) in [4.78, 5) is 26.2. The SMILES string of the molecule is COc1cc(N)c(Cl)cc1C(=O)NCc1cccc(CN2CCCC2=O)c1. The van der Waals surface area contributed by atoms with Crippen LogP contribution in [-0.4, -0.2) is 30.4 Å². The highest BCUT2D eigenvalue weighted by molar-refractivity contribution is 6.33. The number of amides is 2. The van der Waals surface area contributed by atoms with Crippen molar-refractivity contribution in [2.24, 2.45) is 0 Å². The zero-order valence-electron chi connectivity index (χ0n) is 15.1. The Morgan fingerprint density at radius 1 is 1.30 bits per heavy atom. The molecule has 6 nitrogen and oxygen atoms in total. The van der Waals surface area contributed by atoms with E-state index in [2.05, 4.69) is 5.32 Å². The van der Waals surface area contributed by atoms with E-state index in [1.165, 1.54) is 19.2 Å². The van der Waals surface area contributed by atoms with Crippen molar-refractivity contribution in [3.8, 4) is 5.75 Å². The minimum Gasteiger partial charge on any atom is -0.496 e. The quantitative estimate of drug-likeness (QED) is 0.746. The van der Waals surface area contributed by atoms with E-state index >= 15 is 0 Å². The van der Waals surface area contributed by atoms with Gasteiger partial charge in [0.25, 0.3) is 5.91 Å². The molecule has 1 aliphatic rings. The number of halogens is 1. The monoisotopic (exact) mass is 387 g/mol. The Kier molecular flexibility index (Phi) is 5.86. The van der Waals surface area contributed by atoms with E-state index in [-0.39, 0.29) is 11.8 Å². The van der Waals surface area contributed by atoms with Gasteiger partial charge in [0.2, 0.25) is 5.91 Å². The van der Waals surface area contributed by atoms with Gasteiger partial charge < -0.3 is 20.7 Å². The van der Waals surface area contributed by atoms with Crippen molar-refractivity contribution in [3.63, 3.8) is 0 Å². The van der Waals surface area contributed by atoms with Gasteiger partial charge in [0.05, 0.1) is 23.4 Å². The van der Waals surface area contributed by atoms with Crippen LogP contribution in [0.3, 0.4) is 0 Å². The van der Waals surface area contributed by atoms with Gasteiger partial charge in [-0.1, -0.05) is 35.9 Å². The predicted octanol–water partition coefficient (Wildman–Crippen LogP) is 2.98. The molecule has 1 aliphatic heterocycles. The maximum Gasteiger partial charge on any atom is 0.255 e. The number of carbonyl (C=O) groups excluding carboxylic acids is 2. The molecule has 142 valence electrons. The molecular formula is C20H22ClN3O3. The topological polar surface area (TPSA) is 84.7 Å². The number of nitrogens with two attached hydrogens (primary N) is 1. The molecule has 0 aliphatic carbocycles. The molecular weight excluding hydrogens is 366 g/mol. The number of ether oxygens (including phenoxy) is 1. The molecule has 0 unspecified atom stereocenters. The summed E-state index contributed by atoms with van der Waals surface area (Å²) in [5, 5.41) is 3.17. The Labute approximate surface area is 163 Å². The fraction of sp³-hybridized carbons (Fsp3) is 0.300. The number of benzene rings is 2. The normalized spacial score (nSPS) is 13.7. The number of hydrogen-bond acceptors (Lipinski definition) is 4. The third-order valence-corrected chi connectivity index (χ3v) is 4.88. The van der Waals surface area contributed by atoms with E-state index < -0.39 is 0 Å². The molecule has 0 aromatic heterocycles. The van der Waals surface area contributed by atoms with Crippen LogP contribution in [-0.2, 0) is 17.9 Å². The van der Waals surface area contributed by atoms with Crippen LogP contribution in [0.2, 0.25) is 5.02 Å². The van der Waals surface area contributed by atoms with Crippen molar-refractivity contribution >= 4 is 29.1 Å². The fourth-order valence-electron chi connectivity index (χ4n) is 3.12. The van der Waals surface area contributed by atoms with E-state index in [1.54, 1.807) is 0 Å². The van der Waals surface area contributed by atoms with Gasteiger partial charge in [-0.25, -0.2) is 0 Å². The van der Waals surface area contributed by atoms with Crippen molar-refractivity contribution in [1.82, 2.24) is 10.2 Å². The predicted molar refractivity (Wildman–Crippen MR) is 105 cm³/mol. The molecule has 2 aromatic rings. The first-order valence-electron chi connectivity index (χ1n) is 8.74. The molecule has 1 fully saturated rings. The van der Waals surface area contributed by atoms with E-state index in [0.29, 0.717) is 41.5 Å². The third kappa shape index (κ3) is 4.52. The van der Waals surface area contributed by atoms with E-state index in [4.69, 9.17) is 22.1 Å². The van der Waals surface area contributed by atoms with Crippen LogP contribution >= 0.6 is 11.6 Å². The maximum absolute atomic E-state index is 12.5. The summed E-state index contributed by atoms with van der Waals surface area (Å²) in [6.07, 6.45) is 1.54. The molecule has 2 amide bonds. The first kappa shape index (κ1) is 19.0. The lowest BCUT2D eigenvalue weighted by atomic mass is 10.1. The molecule has 3 rings (SSSR count). The summed E-state index contributed by atoms with van der Waals surface area (Å²) in [5.74, 6) is 0.269. The van der Waals surface area contributed by atoms with Crippen molar-refractivity contribution in [2.75, 3.05) is 19.4 Å². The van der Waals surface area contributed by atoms with Gasteiger partial charge in [-0.15, -0.1) is 0 Å². The first-order chi connectivity index (χ1) is 13.0. The number of likely N-dealkylation sites (tertiary alicyclic amines) is 1. The zero-order chi connectivity index (χ0) is 19.4. The minimum absolute atomic E-state index is 0.195. The second-order valence-electron chi connectivity index (χ2n) is 6.50. The number of hydrogen-bond donors (Lipinski definition) is 2. The van der Waals surface area contributed by atoms with Gasteiger partial charge in [0.15, 0.2) is 0 Å². The Balaban J connectivity index is 1.66. The van der Waals surface area contributed by atoms with Gasteiger partial charge in [-0.05, 0) is 23.6 Å². The summed E-state index contributed by atoms with van der Waals surface area (Å²) < 4.78 is 5.22. The maximum atomic E-state index is 12.5. The minimum atomic E-state index is -0.297. The Morgan fingerprint density at radius 3 is 2.78 bits per heavy atom. The average Bonchev–Trinajstić information content (AvgIpc) is 3.06. The molecule has 27 heavy (non-hydrogen) atoms. The van der Waals surface area contributed by atoms with E-state index in [0.717, 1.165) is 24.1 Å². The van der Waals surface area contributed by atoms with Crippen LogP contribution in [0.15, 0.2) is 36.4 Å². The van der Waals surface area contributed by atoms with Crippen LogP contribution in [0, 0.1) is 0 Å². The average molecular weight is 388 g/mol. The molecule has 0 bridgehead atoms. The smallest absolute Gasteiger partial charge is 0.255 e. The van der Waals surface area contributed by atoms with Gasteiger partial charge in [0, 0.05) is 32.1 Å². The Morgan fingerprint density at radius 2 is 2.07 bits per heavy atom. The van der Waals surface area contributed by atoms with Gasteiger partial charge in [0.1, 0.15) is 5.75 Å². The molecule has 0 spiro atoms. The van der Waals surface area contributed by atoms with Crippen LogP contribution in [0.4, 0.5) is 5.69 Å². The Bertz CT molecular complexity index is 870. The second kappa shape index (κ2) is 8.31. The highest BCUT2D eigenvalue weighted by atomic mass is 35.5. The largest absolute Gasteiger partial charge is 0.496 e. The number of nitrogens with zero attached hydrogens (tertiary/aromatic N) is 1. The lowest BCUT2D eigenvalue weighted by Crippen LogP contribution is -2.25. The van der Waals surface area contributed by atoms with Crippen LogP contribution < -0.4 is 15.8 Å². The fourth-order valence-corrected chi connectivity index (χ4v) is 3.29. The number of nitrogen functional groups attached to an aromatic ring is 1. The number of methoxy groups -OCH3 is 1. The molecule has 0 atom stereocenters. The Hall–Kier alpha value is -2.73. The van der Waals surface area contributed by atoms with Gasteiger partial charge in [-0.3, -0.25) is 9.59 Å². The molecule has 0 radical (unpaired) electrons. The lowest BCUT2D eigenvalue weighted by molar-refractivity contribution is -0.128. The zero-order valence-corrected chi connectivity index (χ0v) is 15.9. The summed E-state index contributed by atoms with van der Waals surface area (Å²) in [5.41, 5.74) is 8.44. The number of rotatable bonds is 6. The number of nitrogens with one attached hydrogen (secondary N) is 1. The van der Waals surface area contributed by atoms with Crippen LogP contribution in [0.25, 0.3) is 0 Å². The molecule has 0 saturated carbocycles. The summed E-state index contributed by atoms with van der Waals surface area (Å²) >= 11 is 6.02. The highest BCUT2D eigenvalue weighted by Gasteiger charge is 2.20. The number of anilines is 1. The van der Waals surface area contributed by atoms with Gasteiger partial charge >= 0.3 is 0 Å². The van der Waals surface area contributed by atoms with Crippen LogP contribution in [0.5, 0.6) is 5.75 Å². The molecule has 3 N–H and O–H groups in total. The lowest BCUT2D eigenvalue weighted by Gasteiger charge is -2.16. The second-order valence-corrected chi connectivity index (χ2v) is 6.90. The van der Waals surface area contributed by atoms with Gasteiger partial charge in [-0.2, -0.15) is 0 Å². The first-order valence-corrected chi connectivity index (χ1v) is 9.12.